The number of amides is 1. The summed E-state index contributed by atoms with van der Waals surface area (Å²) in [5, 5.41) is 2.85. The molecule has 1 aromatic carbocycles. The highest BCUT2D eigenvalue weighted by Crippen LogP contribution is 2.15. The molecule has 1 rings (SSSR count). The Morgan fingerprint density at radius 1 is 0.964 bits per heavy atom. The number of carbonyl (C=O) groups excluding carboxylic acids is 3. The number of ketones is 2. The van der Waals surface area contributed by atoms with Gasteiger partial charge in [0, 0.05) is 43.4 Å². The summed E-state index contributed by atoms with van der Waals surface area (Å²) in [6.45, 7) is 11.0. The van der Waals surface area contributed by atoms with Crippen molar-refractivity contribution >= 4 is 23.2 Å². The molecule has 0 aliphatic carbocycles. The van der Waals surface area contributed by atoms with E-state index >= 15 is 0 Å². The van der Waals surface area contributed by atoms with Gasteiger partial charge in [-0.05, 0) is 30.0 Å². The number of nitrogens with one attached hydrogen (secondary N) is 1. The summed E-state index contributed by atoms with van der Waals surface area (Å²) >= 11 is 0. The van der Waals surface area contributed by atoms with Gasteiger partial charge in [0.25, 0.3) is 0 Å². The molecule has 156 valence electrons. The average Bonchev–Trinajstić information content (AvgIpc) is 2.62. The van der Waals surface area contributed by atoms with Crippen LogP contribution >= 0.6 is 0 Å². The Kier molecular flexibility index (Phi) is 10.7. The van der Waals surface area contributed by atoms with Crippen molar-refractivity contribution in [2.75, 3.05) is 11.9 Å². The minimum absolute atomic E-state index is 0.00737. The van der Waals surface area contributed by atoms with Crippen molar-refractivity contribution in [3.63, 3.8) is 0 Å². The van der Waals surface area contributed by atoms with Gasteiger partial charge in [0.1, 0.15) is 11.6 Å². The SMILES string of the molecule is CC(C)COCc1ccc(NC(=O)[C@@H](C)CC(=O)CCCC(=O)C(C)C)cc1. The van der Waals surface area contributed by atoms with E-state index in [2.05, 4.69) is 19.2 Å². The van der Waals surface area contributed by atoms with Crippen LogP contribution in [0.3, 0.4) is 0 Å². The summed E-state index contributed by atoms with van der Waals surface area (Å²) in [6.07, 6.45) is 1.53. The zero-order chi connectivity index (χ0) is 21.1. The monoisotopic (exact) mass is 389 g/mol. The molecule has 0 saturated heterocycles. The molecule has 0 spiro atoms. The zero-order valence-electron chi connectivity index (χ0n) is 17.9. The molecule has 0 heterocycles. The molecule has 28 heavy (non-hydrogen) atoms. The third-order valence-corrected chi connectivity index (χ3v) is 4.45. The maximum Gasteiger partial charge on any atom is 0.227 e. The Balaban J connectivity index is 2.36. The van der Waals surface area contributed by atoms with Gasteiger partial charge >= 0.3 is 0 Å². The van der Waals surface area contributed by atoms with Crippen LogP contribution in [0.15, 0.2) is 24.3 Å². The van der Waals surface area contributed by atoms with E-state index in [9.17, 15) is 14.4 Å². The van der Waals surface area contributed by atoms with Gasteiger partial charge in [0.2, 0.25) is 5.91 Å². The van der Waals surface area contributed by atoms with Gasteiger partial charge in [-0.1, -0.05) is 46.8 Å². The first-order valence-corrected chi connectivity index (χ1v) is 10.2. The summed E-state index contributed by atoms with van der Waals surface area (Å²) in [4.78, 5) is 35.9. The molecule has 5 nitrogen and oxygen atoms in total. The highest BCUT2D eigenvalue weighted by Gasteiger charge is 2.17. The number of rotatable bonds is 13. The number of ether oxygens (including phenoxy) is 1. The first kappa shape index (κ1) is 24.0. The predicted octanol–water partition coefficient (Wildman–Crippen LogP) is 4.79. The Morgan fingerprint density at radius 2 is 1.61 bits per heavy atom. The summed E-state index contributed by atoms with van der Waals surface area (Å²) in [5.41, 5.74) is 1.76. The molecule has 0 fully saturated rings. The quantitative estimate of drug-likeness (QED) is 0.526. The van der Waals surface area contributed by atoms with Gasteiger partial charge in [-0.25, -0.2) is 0 Å². The van der Waals surface area contributed by atoms with Crippen LogP contribution in [0.25, 0.3) is 0 Å². The first-order chi connectivity index (χ1) is 13.2. The molecule has 0 aromatic heterocycles. The van der Waals surface area contributed by atoms with Crippen LogP contribution in [0.2, 0.25) is 0 Å². The second kappa shape index (κ2) is 12.4. The Hall–Kier alpha value is -2.01. The van der Waals surface area contributed by atoms with Crippen LogP contribution in [0, 0.1) is 17.8 Å². The molecule has 1 amide bonds. The third-order valence-electron chi connectivity index (χ3n) is 4.45. The second-order valence-electron chi connectivity index (χ2n) is 8.21. The third kappa shape index (κ3) is 9.79. The number of hydrogen-bond donors (Lipinski definition) is 1. The second-order valence-corrected chi connectivity index (χ2v) is 8.21. The van der Waals surface area contributed by atoms with E-state index in [0.717, 1.165) is 12.2 Å². The smallest absolute Gasteiger partial charge is 0.227 e. The highest BCUT2D eigenvalue weighted by molar-refractivity contribution is 5.95. The van der Waals surface area contributed by atoms with Crippen molar-refractivity contribution in [3.8, 4) is 0 Å². The van der Waals surface area contributed by atoms with Gasteiger partial charge in [0.15, 0.2) is 0 Å². The average molecular weight is 390 g/mol. The topological polar surface area (TPSA) is 72.5 Å². The number of anilines is 1. The lowest BCUT2D eigenvalue weighted by Crippen LogP contribution is -2.23. The van der Waals surface area contributed by atoms with Gasteiger partial charge in [0.05, 0.1) is 6.61 Å². The minimum atomic E-state index is -0.401. The van der Waals surface area contributed by atoms with Crippen LogP contribution in [0.5, 0.6) is 0 Å². The number of benzene rings is 1. The summed E-state index contributed by atoms with van der Waals surface area (Å²) in [6, 6.07) is 7.55. The maximum absolute atomic E-state index is 12.3. The Labute approximate surface area is 169 Å². The highest BCUT2D eigenvalue weighted by atomic mass is 16.5. The van der Waals surface area contributed by atoms with Crippen molar-refractivity contribution in [3.05, 3.63) is 29.8 Å². The number of carbonyl (C=O) groups is 3. The minimum Gasteiger partial charge on any atom is -0.377 e. The standard InChI is InChI=1S/C23H35NO4/c1-16(2)14-28-15-19-9-11-20(12-10-19)24-23(27)18(5)13-21(25)7-6-8-22(26)17(3)4/h9-12,16-18H,6-8,13-15H2,1-5H3,(H,24,27)/t18-/m0/s1. The number of Topliss-reactive ketones (excluding diaryl/α,β-unsaturated/α-hetero) is 2. The fourth-order valence-corrected chi connectivity index (χ4v) is 2.65. The lowest BCUT2D eigenvalue weighted by Gasteiger charge is -2.12. The predicted molar refractivity (Wildman–Crippen MR) is 112 cm³/mol. The van der Waals surface area contributed by atoms with Crippen LogP contribution in [-0.4, -0.2) is 24.1 Å². The molecule has 0 saturated carbocycles. The molecule has 5 heteroatoms. The molecule has 0 aliphatic heterocycles. The molecule has 0 bridgehead atoms. The molecule has 1 atom stereocenters. The molecule has 0 aliphatic rings. The Bertz CT molecular complexity index is 635. The van der Waals surface area contributed by atoms with Crippen LogP contribution in [0.1, 0.15) is 65.9 Å². The summed E-state index contributed by atoms with van der Waals surface area (Å²) < 4.78 is 5.60. The van der Waals surface area contributed by atoms with Gasteiger partial charge in [-0.15, -0.1) is 0 Å². The fourth-order valence-electron chi connectivity index (χ4n) is 2.65. The van der Waals surface area contributed by atoms with E-state index in [0.29, 0.717) is 37.5 Å². The van der Waals surface area contributed by atoms with Crippen molar-refractivity contribution < 1.29 is 19.1 Å². The van der Waals surface area contributed by atoms with E-state index in [1.165, 1.54) is 0 Å². The van der Waals surface area contributed by atoms with Crippen molar-refractivity contribution in [2.24, 2.45) is 17.8 Å². The fraction of sp³-hybridized carbons (Fsp3) is 0.609. The van der Waals surface area contributed by atoms with Crippen LogP contribution in [0.4, 0.5) is 5.69 Å². The summed E-state index contributed by atoms with van der Waals surface area (Å²) in [5.74, 6) is 0.137. The van der Waals surface area contributed by atoms with E-state index in [1.807, 2.05) is 38.1 Å². The largest absolute Gasteiger partial charge is 0.377 e. The van der Waals surface area contributed by atoms with Gasteiger partial charge in [-0.2, -0.15) is 0 Å². The van der Waals surface area contributed by atoms with Crippen LogP contribution < -0.4 is 5.32 Å². The van der Waals surface area contributed by atoms with Gasteiger partial charge in [-0.3, -0.25) is 14.4 Å². The van der Waals surface area contributed by atoms with Crippen molar-refractivity contribution in [1.29, 1.82) is 0 Å². The Morgan fingerprint density at radius 3 is 2.18 bits per heavy atom. The van der Waals surface area contributed by atoms with E-state index in [-0.39, 0.29) is 29.8 Å². The molecule has 1 aromatic rings. The van der Waals surface area contributed by atoms with Gasteiger partial charge < -0.3 is 10.1 Å². The lowest BCUT2D eigenvalue weighted by molar-refractivity contribution is -0.126. The normalized spacial score (nSPS) is 12.2. The lowest BCUT2D eigenvalue weighted by atomic mass is 9.98. The molecule has 0 radical (unpaired) electrons. The van der Waals surface area contributed by atoms with E-state index in [1.54, 1.807) is 6.92 Å². The summed E-state index contributed by atoms with van der Waals surface area (Å²) in [7, 11) is 0. The first-order valence-electron chi connectivity index (χ1n) is 10.2. The van der Waals surface area contributed by atoms with Crippen molar-refractivity contribution in [1.82, 2.24) is 0 Å². The molecule has 0 unspecified atom stereocenters. The zero-order valence-corrected chi connectivity index (χ0v) is 17.9. The van der Waals surface area contributed by atoms with E-state index < -0.39 is 5.92 Å². The molecular formula is C23H35NO4. The van der Waals surface area contributed by atoms with Crippen molar-refractivity contribution in [2.45, 2.75) is 66.9 Å². The van der Waals surface area contributed by atoms with Crippen LogP contribution in [-0.2, 0) is 25.7 Å². The molecule has 1 N–H and O–H groups in total. The van der Waals surface area contributed by atoms with E-state index in [4.69, 9.17) is 4.74 Å². The maximum atomic E-state index is 12.3. The molecular weight excluding hydrogens is 354 g/mol. The number of hydrogen-bond acceptors (Lipinski definition) is 4.